The van der Waals surface area contributed by atoms with Gasteiger partial charge in [-0.25, -0.2) is 0 Å². The number of ether oxygens (including phenoxy) is 1. The van der Waals surface area contributed by atoms with Gasteiger partial charge in [0, 0.05) is 6.42 Å². The lowest BCUT2D eigenvalue weighted by molar-refractivity contribution is -0.151. The molecule has 0 aromatic carbocycles. The molecule has 0 heterocycles. The summed E-state index contributed by atoms with van der Waals surface area (Å²) in [4.78, 5) is 21.7. The van der Waals surface area contributed by atoms with Crippen molar-refractivity contribution in [1.82, 2.24) is 0 Å². The minimum atomic E-state index is -0.166. The predicted octanol–water partition coefficient (Wildman–Crippen LogP) is 1.70. The molecule has 1 aliphatic rings. The summed E-state index contributed by atoms with van der Waals surface area (Å²) in [6.45, 7) is 1.94. The largest absolute Gasteiger partial charge is 0.462 e. The lowest BCUT2D eigenvalue weighted by atomic mass is 10.1. The predicted molar refractivity (Wildman–Crippen MR) is 48.2 cm³/mol. The molecule has 0 aromatic rings. The molecule has 1 saturated carbocycles. The quantitative estimate of drug-likeness (QED) is 0.493. The Hall–Kier alpha value is -0.860. The molecule has 0 aromatic heterocycles. The fourth-order valence-corrected chi connectivity index (χ4v) is 1.69. The van der Waals surface area contributed by atoms with E-state index >= 15 is 0 Å². The van der Waals surface area contributed by atoms with Crippen LogP contribution < -0.4 is 0 Å². The minimum absolute atomic E-state index is 0.0548. The third-order valence-electron chi connectivity index (χ3n) is 2.42. The first kappa shape index (κ1) is 10.2. The van der Waals surface area contributed by atoms with E-state index in [2.05, 4.69) is 0 Å². The first-order valence-electron chi connectivity index (χ1n) is 4.92. The number of esters is 1. The molecule has 0 radical (unpaired) electrons. The summed E-state index contributed by atoms with van der Waals surface area (Å²) in [7, 11) is 0. The first-order valence-corrected chi connectivity index (χ1v) is 4.92. The molecule has 2 unspecified atom stereocenters. The zero-order chi connectivity index (χ0) is 9.68. The minimum Gasteiger partial charge on any atom is -0.462 e. The molecule has 0 aliphatic heterocycles. The molecule has 0 bridgehead atoms. The third kappa shape index (κ3) is 2.83. The van der Waals surface area contributed by atoms with Gasteiger partial charge in [-0.05, 0) is 25.7 Å². The molecule has 0 amide bonds. The summed E-state index contributed by atoms with van der Waals surface area (Å²) >= 11 is 0. The van der Waals surface area contributed by atoms with Gasteiger partial charge in [-0.2, -0.15) is 0 Å². The van der Waals surface area contributed by atoms with E-state index in [1.807, 2.05) is 6.92 Å². The number of carbonyl (C=O) groups excluding carboxylic acids is 2. The molecule has 0 spiro atoms. The van der Waals surface area contributed by atoms with Gasteiger partial charge in [0.2, 0.25) is 0 Å². The molecule has 0 saturated heterocycles. The maximum absolute atomic E-state index is 11.1. The summed E-state index contributed by atoms with van der Waals surface area (Å²) in [5, 5.41) is 0. The highest BCUT2D eigenvalue weighted by atomic mass is 16.5. The van der Waals surface area contributed by atoms with Crippen LogP contribution in [0.2, 0.25) is 0 Å². The van der Waals surface area contributed by atoms with Gasteiger partial charge in [-0.1, -0.05) is 6.92 Å². The van der Waals surface area contributed by atoms with Crippen molar-refractivity contribution in [2.75, 3.05) is 0 Å². The van der Waals surface area contributed by atoms with Crippen LogP contribution >= 0.6 is 0 Å². The SMILES string of the molecule is CCCC(=O)OC1CCCC1C=O. The standard InChI is InChI=1S/C10H16O3/c1-2-4-10(12)13-9-6-3-5-8(9)7-11/h7-9H,2-6H2,1H3. The lowest BCUT2D eigenvalue weighted by Crippen LogP contribution is -2.22. The number of aldehydes is 1. The van der Waals surface area contributed by atoms with Crippen LogP contribution in [0.1, 0.15) is 39.0 Å². The Bertz CT molecular complexity index is 189. The molecule has 2 atom stereocenters. The van der Waals surface area contributed by atoms with Crippen molar-refractivity contribution in [3.63, 3.8) is 0 Å². The Morgan fingerprint density at radius 3 is 2.92 bits per heavy atom. The van der Waals surface area contributed by atoms with Crippen molar-refractivity contribution in [3.8, 4) is 0 Å². The monoisotopic (exact) mass is 184 g/mol. The number of rotatable bonds is 4. The molecular formula is C10H16O3. The normalized spacial score (nSPS) is 27.2. The molecule has 3 heteroatoms. The van der Waals surface area contributed by atoms with Crippen LogP contribution in [0.4, 0.5) is 0 Å². The first-order chi connectivity index (χ1) is 6.27. The van der Waals surface area contributed by atoms with Gasteiger partial charge in [0.1, 0.15) is 12.4 Å². The summed E-state index contributed by atoms with van der Waals surface area (Å²) in [5.74, 6) is -0.220. The zero-order valence-corrected chi connectivity index (χ0v) is 7.99. The van der Waals surface area contributed by atoms with E-state index in [4.69, 9.17) is 4.74 Å². The summed E-state index contributed by atoms with van der Waals surface area (Å²) in [5.41, 5.74) is 0. The van der Waals surface area contributed by atoms with Crippen LogP contribution in [-0.2, 0) is 14.3 Å². The zero-order valence-electron chi connectivity index (χ0n) is 7.99. The van der Waals surface area contributed by atoms with E-state index in [0.29, 0.717) is 6.42 Å². The van der Waals surface area contributed by atoms with Gasteiger partial charge in [0.25, 0.3) is 0 Å². The Balaban J connectivity index is 2.34. The van der Waals surface area contributed by atoms with Crippen LogP contribution in [0.25, 0.3) is 0 Å². The third-order valence-corrected chi connectivity index (χ3v) is 2.42. The molecule has 3 nitrogen and oxygen atoms in total. The summed E-state index contributed by atoms with van der Waals surface area (Å²) in [6.07, 6.45) is 4.74. The highest BCUT2D eigenvalue weighted by Gasteiger charge is 2.29. The molecule has 74 valence electrons. The second kappa shape index (κ2) is 5.00. The smallest absolute Gasteiger partial charge is 0.306 e. The van der Waals surface area contributed by atoms with E-state index in [9.17, 15) is 9.59 Å². The second-order valence-electron chi connectivity index (χ2n) is 3.51. The van der Waals surface area contributed by atoms with Gasteiger partial charge in [-0.15, -0.1) is 0 Å². The molecule has 1 rings (SSSR count). The van der Waals surface area contributed by atoms with E-state index in [0.717, 1.165) is 32.0 Å². The van der Waals surface area contributed by atoms with Gasteiger partial charge in [0.15, 0.2) is 0 Å². The van der Waals surface area contributed by atoms with E-state index in [1.165, 1.54) is 0 Å². The van der Waals surface area contributed by atoms with Crippen molar-refractivity contribution in [2.24, 2.45) is 5.92 Å². The average Bonchev–Trinajstić information content (AvgIpc) is 2.52. The van der Waals surface area contributed by atoms with Crippen LogP contribution in [0.3, 0.4) is 0 Å². The van der Waals surface area contributed by atoms with Crippen LogP contribution in [-0.4, -0.2) is 18.4 Å². The van der Waals surface area contributed by atoms with Gasteiger partial charge in [0.05, 0.1) is 5.92 Å². The number of hydrogen-bond donors (Lipinski definition) is 0. The molecule has 1 aliphatic carbocycles. The average molecular weight is 184 g/mol. The molecular weight excluding hydrogens is 168 g/mol. The van der Waals surface area contributed by atoms with Crippen molar-refractivity contribution < 1.29 is 14.3 Å². The second-order valence-corrected chi connectivity index (χ2v) is 3.51. The van der Waals surface area contributed by atoms with E-state index in [1.54, 1.807) is 0 Å². The van der Waals surface area contributed by atoms with Crippen molar-refractivity contribution >= 4 is 12.3 Å². The Kier molecular flexibility index (Phi) is 3.93. The number of carbonyl (C=O) groups is 2. The topological polar surface area (TPSA) is 43.4 Å². The van der Waals surface area contributed by atoms with Gasteiger partial charge >= 0.3 is 5.97 Å². The Morgan fingerprint density at radius 2 is 2.31 bits per heavy atom. The molecule has 0 N–H and O–H groups in total. The lowest BCUT2D eigenvalue weighted by Gasteiger charge is -2.14. The van der Waals surface area contributed by atoms with Crippen molar-refractivity contribution in [2.45, 2.75) is 45.1 Å². The maximum Gasteiger partial charge on any atom is 0.306 e. The fourth-order valence-electron chi connectivity index (χ4n) is 1.69. The molecule has 13 heavy (non-hydrogen) atoms. The highest BCUT2D eigenvalue weighted by Crippen LogP contribution is 2.26. The fraction of sp³-hybridized carbons (Fsp3) is 0.800. The van der Waals surface area contributed by atoms with Crippen molar-refractivity contribution in [3.05, 3.63) is 0 Å². The Morgan fingerprint density at radius 1 is 1.54 bits per heavy atom. The summed E-state index contributed by atoms with van der Waals surface area (Å²) < 4.78 is 5.19. The number of hydrogen-bond acceptors (Lipinski definition) is 3. The van der Waals surface area contributed by atoms with Gasteiger partial charge in [-0.3, -0.25) is 4.79 Å². The van der Waals surface area contributed by atoms with E-state index in [-0.39, 0.29) is 18.0 Å². The summed E-state index contributed by atoms with van der Waals surface area (Å²) in [6, 6.07) is 0. The Labute approximate surface area is 78.5 Å². The van der Waals surface area contributed by atoms with Crippen molar-refractivity contribution in [1.29, 1.82) is 0 Å². The van der Waals surface area contributed by atoms with Crippen LogP contribution in [0, 0.1) is 5.92 Å². The van der Waals surface area contributed by atoms with Gasteiger partial charge < -0.3 is 9.53 Å². The highest BCUT2D eigenvalue weighted by molar-refractivity contribution is 5.70. The van der Waals surface area contributed by atoms with E-state index < -0.39 is 0 Å². The van der Waals surface area contributed by atoms with Crippen LogP contribution in [0.15, 0.2) is 0 Å². The van der Waals surface area contributed by atoms with Crippen LogP contribution in [0.5, 0.6) is 0 Å². The maximum atomic E-state index is 11.1. The molecule has 1 fully saturated rings.